The van der Waals surface area contributed by atoms with E-state index in [1.54, 1.807) is 13.0 Å². The highest BCUT2D eigenvalue weighted by atomic mass is 19.4. The second kappa shape index (κ2) is 12.1. The number of aromatic nitrogens is 4. The molecule has 16 heteroatoms. The number of carboxylic acid groups (broad SMARTS) is 1. The SMILES string of the molecule is Cc1ccn(-c2cc(-c3cc(F)c(F)c(F)c3)ccc2C(Oc2cc(N3CCC4(CC3)CN[C@H](C(=O)O)C4)nc(N)n2)C(F)(F)F)n1. The van der Waals surface area contributed by atoms with Gasteiger partial charge in [0.05, 0.1) is 11.4 Å². The molecule has 4 N–H and O–H groups in total. The first kappa shape index (κ1) is 32.1. The van der Waals surface area contributed by atoms with E-state index in [1.807, 2.05) is 4.90 Å². The number of rotatable bonds is 7. The lowest BCUT2D eigenvalue weighted by molar-refractivity contribution is -0.198. The Labute approximate surface area is 264 Å². The van der Waals surface area contributed by atoms with Crippen molar-refractivity contribution in [3.05, 3.63) is 77.4 Å². The molecule has 2 aromatic heterocycles. The fourth-order valence-electron chi connectivity index (χ4n) is 6.18. The Balaban J connectivity index is 1.32. The van der Waals surface area contributed by atoms with Crippen molar-refractivity contribution >= 4 is 17.7 Å². The molecule has 47 heavy (non-hydrogen) atoms. The van der Waals surface area contributed by atoms with Gasteiger partial charge in [-0.15, -0.1) is 0 Å². The first-order chi connectivity index (χ1) is 22.2. The van der Waals surface area contributed by atoms with Crippen LogP contribution >= 0.6 is 0 Å². The van der Waals surface area contributed by atoms with Gasteiger partial charge in [0.25, 0.3) is 0 Å². The van der Waals surface area contributed by atoms with Crippen LogP contribution in [0.4, 0.5) is 38.1 Å². The van der Waals surface area contributed by atoms with Crippen LogP contribution in [0.15, 0.2) is 48.7 Å². The van der Waals surface area contributed by atoms with E-state index in [4.69, 9.17) is 10.5 Å². The van der Waals surface area contributed by atoms with E-state index >= 15 is 0 Å². The van der Waals surface area contributed by atoms with Crippen LogP contribution in [0, 0.1) is 29.8 Å². The van der Waals surface area contributed by atoms with Gasteiger partial charge in [-0.3, -0.25) is 4.79 Å². The summed E-state index contributed by atoms with van der Waals surface area (Å²) in [4.78, 5) is 21.4. The minimum atomic E-state index is -4.99. The third-order valence-electron chi connectivity index (χ3n) is 8.65. The summed E-state index contributed by atoms with van der Waals surface area (Å²) in [7, 11) is 0. The summed E-state index contributed by atoms with van der Waals surface area (Å²) in [5.74, 6) is -6.00. The Hall–Kier alpha value is -4.86. The zero-order valence-electron chi connectivity index (χ0n) is 24.9. The molecule has 1 spiro atoms. The molecule has 2 aliphatic rings. The van der Waals surface area contributed by atoms with Crippen LogP contribution in [0.25, 0.3) is 16.8 Å². The van der Waals surface area contributed by atoms with Crippen molar-refractivity contribution < 1.29 is 41.0 Å². The number of nitrogens with two attached hydrogens (primary N) is 1. The molecular formula is C31H29F6N7O3. The maximum absolute atomic E-state index is 14.8. The smallest absolute Gasteiger partial charge is 0.429 e. The molecule has 2 aliphatic heterocycles. The molecular weight excluding hydrogens is 632 g/mol. The van der Waals surface area contributed by atoms with E-state index < -0.39 is 53.2 Å². The topological polar surface area (TPSA) is 131 Å². The zero-order chi connectivity index (χ0) is 33.7. The number of aliphatic carboxylic acids is 1. The van der Waals surface area contributed by atoms with Crippen molar-refractivity contribution in [2.75, 3.05) is 30.3 Å². The lowest BCUT2D eigenvalue weighted by Crippen LogP contribution is -2.41. The monoisotopic (exact) mass is 661 g/mol. The number of nitrogen functional groups attached to an aromatic ring is 1. The Kier molecular flexibility index (Phi) is 8.23. The molecule has 248 valence electrons. The van der Waals surface area contributed by atoms with Crippen LogP contribution < -0.4 is 20.7 Å². The van der Waals surface area contributed by atoms with E-state index in [9.17, 15) is 36.2 Å². The number of aryl methyl sites for hydroxylation is 1. The molecule has 2 atom stereocenters. The number of halogens is 6. The summed E-state index contributed by atoms with van der Waals surface area (Å²) < 4.78 is 92.6. The van der Waals surface area contributed by atoms with Crippen molar-refractivity contribution in [1.29, 1.82) is 0 Å². The third-order valence-corrected chi connectivity index (χ3v) is 8.65. The predicted molar refractivity (Wildman–Crippen MR) is 157 cm³/mol. The van der Waals surface area contributed by atoms with Crippen molar-refractivity contribution in [3.8, 4) is 22.7 Å². The van der Waals surface area contributed by atoms with Crippen molar-refractivity contribution in [2.24, 2.45) is 5.41 Å². The Morgan fingerprint density at radius 3 is 2.36 bits per heavy atom. The normalized spacial score (nSPS) is 18.4. The number of hydrogen-bond donors (Lipinski definition) is 3. The lowest BCUT2D eigenvalue weighted by atomic mass is 9.76. The minimum absolute atomic E-state index is 0.0965. The predicted octanol–water partition coefficient (Wildman–Crippen LogP) is 5.35. The van der Waals surface area contributed by atoms with Crippen molar-refractivity contribution in [3.63, 3.8) is 0 Å². The number of hydrogen-bond acceptors (Lipinski definition) is 8. The van der Waals surface area contributed by atoms with Crippen LogP contribution in [0.3, 0.4) is 0 Å². The summed E-state index contributed by atoms with van der Waals surface area (Å²) in [6, 6.07) is 7.21. The van der Waals surface area contributed by atoms with Crippen LogP contribution in [0.1, 0.15) is 36.6 Å². The summed E-state index contributed by atoms with van der Waals surface area (Å²) in [5, 5.41) is 16.6. The van der Waals surface area contributed by atoms with Gasteiger partial charge in [0.2, 0.25) is 17.9 Å². The van der Waals surface area contributed by atoms with Gasteiger partial charge in [0.15, 0.2) is 17.5 Å². The van der Waals surface area contributed by atoms with E-state index in [0.717, 1.165) is 18.2 Å². The number of carbonyl (C=O) groups is 1. The molecule has 0 bridgehead atoms. The van der Waals surface area contributed by atoms with Gasteiger partial charge in [0, 0.05) is 37.5 Å². The number of alkyl halides is 3. The van der Waals surface area contributed by atoms with Gasteiger partial charge in [-0.05, 0) is 67.0 Å². The Bertz CT molecular complexity index is 1800. The third kappa shape index (κ3) is 6.54. The van der Waals surface area contributed by atoms with Crippen LogP contribution in [-0.4, -0.2) is 62.7 Å². The fourth-order valence-corrected chi connectivity index (χ4v) is 6.18. The van der Waals surface area contributed by atoms with E-state index in [1.165, 1.54) is 29.1 Å². The largest absolute Gasteiger partial charge is 0.480 e. The molecule has 1 unspecified atom stereocenters. The van der Waals surface area contributed by atoms with Gasteiger partial charge in [-0.1, -0.05) is 12.1 Å². The first-order valence-electron chi connectivity index (χ1n) is 14.6. The molecule has 4 heterocycles. The molecule has 2 fully saturated rings. The molecule has 4 aromatic rings. The standard InChI is InChI=1S/C31H29F6N7O3/c1-16-4-7-44(42-16)23-12-17(18-10-20(32)26(34)21(33)11-18)2-3-19(23)27(31(35,36)37)47-25-13-24(40-29(38)41-25)43-8-5-30(6-9-43)14-22(28(45)46)39-15-30/h2-4,7,10-13,22,27,39H,5-6,8-9,14-15H2,1H3,(H,45,46)(H2,38,40,41)/t22-,27?/m0/s1. The number of ether oxygens (including phenoxy) is 1. The number of carboxylic acids is 1. The summed E-state index contributed by atoms with van der Waals surface area (Å²) >= 11 is 0. The summed E-state index contributed by atoms with van der Waals surface area (Å²) in [6.45, 7) is 3.10. The van der Waals surface area contributed by atoms with Gasteiger partial charge >= 0.3 is 12.1 Å². The minimum Gasteiger partial charge on any atom is -0.480 e. The van der Waals surface area contributed by atoms with Gasteiger partial charge in [-0.25, -0.2) is 17.9 Å². The van der Waals surface area contributed by atoms with E-state index in [-0.39, 0.29) is 34.0 Å². The summed E-state index contributed by atoms with van der Waals surface area (Å²) in [5.41, 5.74) is 5.66. The second-order valence-corrected chi connectivity index (χ2v) is 11.9. The van der Waals surface area contributed by atoms with Gasteiger partial charge in [-0.2, -0.15) is 28.2 Å². The zero-order valence-corrected chi connectivity index (χ0v) is 24.9. The lowest BCUT2D eigenvalue weighted by Gasteiger charge is -2.39. The van der Waals surface area contributed by atoms with Crippen LogP contribution in [0.5, 0.6) is 5.88 Å². The highest BCUT2D eigenvalue weighted by Gasteiger charge is 2.46. The fraction of sp³-hybridized carbons (Fsp3) is 0.355. The average molecular weight is 662 g/mol. The quantitative estimate of drug-likeness (QED) is 0.177. The first-order valence-corrected chi connectivity index (χ1v) is 14.6. The number of benzene rings is 2. The van der Waals surface area contributed by atoms with Gasteiger partial charge < -0.3 is 25.8 Å². The maximum Gasteiger partial charge on any atom is 0.429 e. The van der Waals surface area contributed by atoms with E-state index in [0.29, 0.717) is 44.6 Å². The number of piperidine rings is 1. The van der Waals surface area contributed by atoms with Crippen LogP contribution in [0.2, 0.25) is 0 Å². The average Bonchev–Trinajstić information content (AvgIpc) is 3.64. The Morgan fingerprint density at radius 1 is 1.06 bits per heavy atom. The van der Waals surface area contributed by atoms with Gasteiger partial charge in [0.1, 0.15) is 11.9 Å². The Morgan fingerprint density at radius 2 is 1.77 bits per heavy atom. The highest BCUT2D eigenvalue weighted by Crippen LogP contribution is 2.43. The summed E-state index contributed by atoms with van der Waals surface area (Å²) in [6.07, 6.45) is -4.42. The molecule has 6 rings (SSSR count). The molecule has 0 radical (unpaired) electrons. The highest BCUT2D eigenvalue weighted by molar-refractivity contribution is 5.74. The molecule has 2 saturated heterocycles. The molecule has 10 nitrogen and oxygen atoms in total. The molecule has 0 aliphatic carbocycles. The second-order valence-electron chi connectivity index (χ2n) is 11.9. The molecule has 0 amide bonds. The number of anilines is 2. The van der Waals surface area contributed by atoms with Crippen molar-refractivity contribution in [1.82, 2.24) is 25.1 Å². The van der Waals surface area contributed by atoms with E-state index in [2.05, 4.69) is 20.4 Å². The number of nitrogens with zero attached hydrogens (tertiary/aromatic N) is 5. The van der Waals surface area contributed by atoms with Crippen LogP contribution in [-0.2, 0) is 4.79 Å². The molecule has 0 saturated carbocycles. The van der Waals surface area contributed by atoms with Crippen molar-refractivity contribution in [2.45, 2.75) is 44.5 Å². The maximum atomic E-state index is 14.8. The number of nitrogens with one attached hydrogen (secondary N) is 1. The molecule has 2 aromatic carbocycles.